The number of imide groups is 1. The largest absolute Gasteiger partial charge is 0.274 e. The molecule has 0 spiro atoms. The van der Waals surface area contributed by atoms with Crippen molar-refractivity contribution in [3.8, 4) is 0 Å². The van der Waals surface area contributed by atoms with Crippen LogP contribution in [-0.2, 0) is 0 Å². The van der Waals surface area contributed by atoms with E-state index in [1.54, 1.807) is 13.8 Å². The van der Waals surface area contributed by atoms with E-state index >= 15 is 0 Å². The summed E-state index contributed by atoms with van der Waals surface area (Å²) in [4.78, 5) is 28.1. The van der Waals surface area contributed by atoms with Gasteiger partial charge in [-0.1, -0.05) is 28.2 Å². The Morgan fingerprint density at radius 2 is 1.46 bits per heavy atom. The van der Waals surface area contributed by atoms with Gasteiger partial charge in [0.2, 0.25) is 0 Å². The normalized spacial score (nSPS) is 15.4. The Morgan fingerprint density at radius 1 is 0.958 bits per heavy atom. The number of aromatic nitrogens is 4. The SMILES string of the molecule is Cc1nnsc1C(=O)N(CC1CCCCC1)C(=O)c1snnc1C. The van der Waals surface area contributed by atoms with Crippen LogP contribution in [0.15, 0.2) is 0 Å². The molecule has 0 saturated heterocycles. The summed E-state index contributed by atoms with van der Waals surface area (Å²) in [5, 5.41) is 7.79. The van der Waals surface area contributed by atoms with Gasteiger partial charge in [-0.25, -0.2) is 0 Å². The van der Waals surface area contributed by atoms with E-state index in [9.17, 15) is 9.59 Å². The van der Waals surface area contributed by atoms with Crippen LogP contribution in [-0.4, -0.2) is 42.4 Å². The molecule has 0 aliphatic heterocycles. The zero-order chi connectivity index (χ0) is 17.1. The Kier molecular flexibility index (Phi) is 5.30. The molecule has 9 heteroatoms. The third-order valence-corrected chi connectivity index (χ3v) is 5.98. The van der Waals surface area contributed by atoms with E-state index < -0.39 is 0 Å². The average molecular weight is 365 g/mol. The molecule has 1 aliphatic carbocycles. The summed E-state index contributed by atoms with van der Waals surface area (Å²) in [6.07, 6.45) is 5.65. The lowest BCUT2D eigenvalue weighted by Gasteiger charge is -2.28. The van der Waals surface area contributed by atoms with E-state index in [-0.39, 0.29) is 11.8 Å². The molecule has 128 valence electrons. The van der Waals surface area contributed by atoms with E-state index in [2.05, 4.69) is 19.2 Å². The van der Waals surface area contributed by atoms with Gasteiger partial charge < -0.3 is 0 Å². The Labute approximate surface area is 148 Å². The average Bonchev–Trinajstić information content (AvgIpc) is 3.20. The predicted octanol–water partition coefficient (Wildman–Crippen LogP) is 2.87. The lowest BCUT2D eigenvalue weighted by Crippen LogP contribution is -2.40. The molecule has 2 amide bonds. The van der Waals surface area contributed by atoms with E-state index in [4.69, 9.17) is 0 Å². The monoisotopic (exact) mass is 365 g/mol. The van der Waals surface area contributed by atoms with Crippen molar-refractivity contribution in [1.82, 2.24) is 24.1 Å². The first-order valence-electron chi connectivity index (χ1n) is 8.02. The third-order valence-electron chi connectivity index (χ3n) is 4.35. The Balaban J connectivity index is 1.88. The Hall–Kier alpha value is -1.74. The molecule has 7 nitrogen and oxygen atoms in total. The number of hydrogen-bond acceptors (Lipinski definition) is 8. The van der Waals surface area contributed by atoms with Gasteiger partial charge in [-0.3, -0.25) is 14.5 Å². The summed E-state index contributed by atoms with van der Waals surface area (Å²) in [6, 6.07) is 0. The zero-order valence-corrected chi connectivity index (χ0v) is 15.3. The van der Waals surface area contributed by atoms with Crippen LogP contribution in [0.4, 0.5) is 0 Å². The second-order valence-electron chi connectivity index (χ2n) is 6.10. The molecular formula is C15H19N5O2S2. The van der Waals surface area contributed by atoms with Crippen LogP contribution in [0.5, 0.6) is 0 Å². The quantitative estimate of drug-likeness (QED) is 0.774. The van der Waals surface area contributed by atoms with Gasteiger partial charge in [-0.05, 0) is 55.7 Å². The molecule has 0 radical (unpaired) electrons. The number of nitrogens with zero attached hydrogens (tertiary/aromatic N) is 5. The first-order chi connectivity index (χ1) is 11.6. The first-order valence-corrected chi connectivity index (χ1v) is 9.56. The van der Waals surface area contributed by atoms with Crippen LogP contribution in [0.2, 0.25) is 0 Å². The van der Waals surface area contributed by atoms with E-state index in [0.29, 0.717) is 33.6 Å². The molecule has 0 aromatic carbocycles. The van der Waals surface area contributed by atoms with Crippen LogP contribution in [0.25, 0.3) is 0 Å². The molecular weight excluding hydrogens is 346 g/mol. The Morgan fingerprint density at radius 3 is 1.88 bits per heavy atom. The van der Waals surface area contributed by atoms with Crippen molar-refractivity contribution < 1.29 is 9.59 Å². The number of rotatable bonds is 4. The van der Waals surface area contributed by atoms with Gasteiger partial charge in [-0.15, -0.1) is 10.2 Å². The fourth-order valence-corrected chi connectivity index (χ4v) is 4.20. The molecule has 2 aromatic heterocycles. The summed E-state index contributed by atoms with van der Waals surface area (Å²) >= 11 is 2.07. The van der Waals surface area contributed by atoms with Gasteiger partial charge in [0, 0.05) is 6.54 Å². The van der Waals surface area contributed by atoms with Gasteiger partial charge in [0.15, 0.2) is 0 Å². The van der Waals surface area contributed by atoms with Crippen molar-refractivity contribution in [1.29, 1.82) is 0 Å². The van der Waals surface area contributed by atoms with Crippen LogP contribution < -0.4 is 0 Å². The molecule has 1 aliphatic rings. The highest BCUT2D eigenvalue weighted by Gasteiger charge is 2.31. The molecule has 1 saturated carbocycles. The molecule has 2 aromatic rings. The fourth-order valence-electron chi connectivity index (χ4n) is 2.99. The summed E-state index contributed by atoms with van der Waals surface area (Å²) < 4.78 is 7.64. The number of carbonyl (C=O) groups excluding carboxylic acids is 2. The number of aryl methyl sites for hydroxylation is 2. The summed E-state index contributed by atoms with van der Waals surface area (Å²) in [5.74, 6) is -0.272. The smallest absolute Gasteiger partial charge is 0.272 e. The molecule has 24 heavy (non-hydrogen) atoms. The summed E-state index contributed by atoms with van der Waals surface area (Å²) in [6.45, 7) is 3.91. The van der Waals surface area contributed by atoms with Crippen molar-refractivity contribution in [3.05, 3.63) is 21.1 Å². The molecule has 0 unspecified atom stereocenters. The lowest BCUT2D eigenvalue weighted by atomic mass is 9.89. The van der Waals surface area contributed by atoms with Crippen molar-refractivity contribution in [2.45, 2.75) is 46.0 Å². The number of carbonyl (C=O) groups is 2. The number of hydrogen-bond donors (Lipinski definition) is 0. The van der Waals surface area contributed by atoms with E-state index in [1.807, 2.05) is 0 Å². The van der Waals surface area contributed by atoms with Crippen molar-refractivity contribution >= 4 is 34.9 Å². The Bertz CT molecular complexity index is 684. The lowest BCUT2D eigenvalue weighted by molar-refractivity contribution is 0.0583. The summed E-state index contributed by atoms with van der Waals surface area (Å²) in [7, 11) is 0. The zero-order valence-electron chi connectivity index (χ0n) is 13.7. The van der Waals surface area contributed by atoms with Gasteiger partial charge in [0.1, 0.15) is 9.75 Å². The molecule has 3 rings (SSSR count). The molecule has 0 bridgehead atoms. The first kappa shape index (κ1) is 17.1. The van der Waals surface area contributed by atoms with Gasteiger partial charge >= 0.3 is 0 Å². The highest BCUT2D eigenvalue weighted by Crippen LogP contribution is 2.27. The van der Waals surface area contributed by atoms with Crippen molar-refractivity contribution in [3.63, 3.8) is 0 Å². The second-order valence-corrected chi connectivity index (χ2v) is 7.61. The van der Waals surface area contributed by atoms with Gasteiger partial charge in [0.05, 0.1) is 11.4 Å². The minimum Gasteiger partial charge on any atom is -0.272 e. The summed E-state index contributed by atoms with van der Waals surface area (Å²) in [5.41, 5.74) is 1.12. The van der Waals surface area contributed by atoms with Crippen LogP contribution in [0, 0.1) is 19.8 Å². The van der Waals surface area contributed by atoms with Crippen LogP contribution in [0.3, 0.4) is 0 Å². The van der Waals surface area contributed by atoms with Crippen LogP contribution >= 0.6 is 23.1 Å². The van der Waals surface area contributed by atoms with Crippen molar-refractivity contribution in [2.24, 2.45) is 5.92 Å². The third kappa shape index (κ3) is 3.51. The number of amides is 2. The highest BCUT2D eigenvalue weighted by molar-refractivity contribution is 7.08. The minimum atomic E-state index is -0.314. The molecule has 1 fully saturated rings. The fraction of sp³-hybridized carbons (Fsp3) is 0.600. The maximum absolute atomic E-state index is 12.9. The van der Waals surface area contributed by atoms with E-state index in [0.717, 1.165) is 48.7 Å². The standard InChI is InChI=1S/C15H19N5O2S2/c1-9-12(23-18-16-9)14(21)20(8-11-6-4-3-5-7-11)15(22)13-10(2)17-19-24-13/h11H,3-8H2,1-2H3. The minimum absolute atomic E-state index is 0.314. The maximum atomic E-state index is 12.9. The van der Waals surface area contributed by atoms with E-state index in [1.165, 1.54) is 11.3 Å². The molecule has 0 atom stereocenters. The molecule has 2 heterocycles. The van der Waals surface area contributed by atoms with Gasteiger partial charge in [-0.2, -0.15) is 0 Å². The van der Waals surface area contributed by atoms with Gasteiger partial charge in [0.25, 0.3) is 11.8 Å². The second kappa shape index (κ2) is 7.43. The van der Waals surface area contributed by atoms with Crippen molar-refractivity contribution in [2.75, 3.05) is 6.54 Å². The highest BCUT2D eigenvalue weighted by atomic mass is 32.1. The molecule has 0 N–H and O–H groups in total. The maximum Gasteiger partial charge on any atom is 0.274 e. The topological polar surface area (TPSA) is 88.9 Å². The predicted molar refractivity (Wildman–Crippen MR) is 91.2 cm³/mol. The van der Waals surface area contributed by atoms with Crippen LogP contribution in [0.1, 0.15) is 62.8 Å².